The van der Waals surface area contributed by atoms with Gasteiger partial charge < -0.3 is 5.11 Å². The van der Waals surface area contributed by atoms with Crippen LogP contribution in [0.4, 0.5) is 13.2 Å². The lowest BCUT2D eigenvalue weighted by molar-refractivity contribution is -0.137. The maximum absolute atomic E-state index is 13.2. The lowest BCUT2D eigenvalue weighted by Gasteiger charge is -2.13. The second-order valence-corrected chi connectivity index (χ2v) is 5.34. The van der Waals surface area contributed by atoms with Crippen LogP contribution in [0.25, 0.3) is 16.9 Å². The zero-order valence-electron chi connectivity index (χ0n) is 12.7. The van der Waals surface area contributed by atoms with E-state index in [9.17, 15) is 23.1 Å². The van der Waals surface area contributed by atoms with E-state index in [0.717, 1.165) is 10.6 Å². The first kappa shape index (κ1) is 16.0. The normalized spacial score (nSPS) is 11.9. The third-order valence-corrected chi connectivity index (χ3v) is 3.65. The van der Waals surface area contributed by atoms with Crippen molar-refractivity contribution in [3.8, 4) is 11.3 Å². The molecule has 0 aliphatic carbocycles. The van der Waals surface area contributed by atoms with Crippen LogP contribution in [0.1, 0.15) is 27.3 Å². The first-order chi connectivity index (χ1) is 11.2. The zero-order chi connectivity index (χ0) is 17.6. The van der Waals surface area contributed by atoms with Crippen molar-refractivity contribution in [1.29, 1.82) is 0 Å². The number of carboxylic acid groups (broad SMARTS) is 1. The molecule has 0 saturated carbocycles. The Kier molecular flexibility index (Phi) is 3.55. The number of carboxylic acids is 1. The number of hydrogen-bond donors (Lipinski definition) is 1. The maximum Gasteiger partial charge on any atom is 0.417 e. The average Bonchev–Trinajstić information content (AvgIpc) is 2.83. The molecule has 1 N–H and O–H groups in total. The van der Waals surface area contributed by atoms with Crippen molar-refractivity contribution in [2.24, 2.45) is 0 Å². The van der Waals surface area contributed by atoms with Gasteiger partial charge in [-0.2, -0.15) is 18.3 Å². The lowest BCUT2D eigenvalue weighted by Crippen LogP contribution is -2.10. The molecule has 0 unspecified atom stereocenters. The van der Waals surface area contributed by atoms with Gasteiger partial charge in [-0.05, 0) is 31.5 Å². The van der Waals surface area contributed by atoms with Gasteiger partial charge in [0.2, 0.25) is 0 Å². The Bertz CT molecular complexity index is 961. The summed E-state index contributed by atoms with van der Waals surface area (Å²) in [5, 5.41) is 13.4. The van der Waals surface area contributed by atoms with Crippen LogP contribution in [0.5, 0.6) is 0 Å². The van der Waals surface area contributed by atoms with Crippen LogP contribution in [-0.4, -0.2) is 25.7 Å². The number of aromatic carboxylic acids is 1. The summed E-state index contributed by atoms with van der Waals surface area (Å²) < 4.78 is 40.7. The Hall–Kier alpha value is -2.90. The molecule has 2 heterocycles. The van der Waals surface area contributed by atoms with E-state index >= 15 is 0 Å². The Labute approximate surface area is 134 Å². The van der Waals surface area contributed by atoms with E-state index in [-0.39, 0.29) is 22.6 Å². The minimum absolute atomic E-state index is 0.0350. The molecule has 3 aromatic rings. The number of fused-ring (bicyclic) bond motifs is 1. The second kappa shape index (κ2) is 5.33. The summed E-state index contributed by atoms with van der Waals surface area (Å²) >= 11 is 0. The van der Waals surface area contributed by atoms with E-state index in [2.05, 4.69) is 10.1 Å². The summed E-state index contributed by atoms with van der Waals surface area (Å²) in [6.45, 7) is 3.16. The number of nitrogens with zero attached hydrogens (tertiary/aromatic N) is 3. The third kappa shape index (κ3) is 2.49. The molecule has 0 atom stereocenters. The smallest absolute Gasteiger partial charge is 0.417 e. The summed E-state index contributed by atoms with van der Waals surface area (Å²) in [6.07, 6.45) is -4.54. The van der Waals surface area contributed by atoms with Crippen molar-refractivity contribution in [1.82, 2.24) is 14.6 Å². The molecule has 0 aliphatic rings. The molecule has 0 bridgehead atoms. The van der Waals surface area contributed by atoms with Crippen LogP contribution < -0.4 is 0 Å². The highest BCUT2D eigenvalue weighted by molar-refractivity contribution is 5.88. The largest absolute Gasteiger partial charge is 0.476 e. The number of benzene rings is 1. The number of halogens is 3. The van der Waals surface area contributed by atoms with E-state index in [0.29, 0.717) is 11.2 Å². The Morgan fingerprint density at radius 1 is 1.21 bits per heavy atom. The topological polar surface area (TPSA) is 67.5 Å². The van der Waals surface area contributed by atoms with Gasteiger partial charge in [-0.15, -0.1) is 0 Å². The van der Waals surface area contributed by atoms with E-state index < -0.39 is 17.7 Å². The highest BCUT2D eigenvalue weighted by atomic mass is 19.4. The van der Waals surface area contributed by atoms with Crippen molar-refractivity contribution in [2.45, 2.75) is 20.0 Å². The molecule has 0 spiro atoms. The highest BCUT2D eigenvalue weighted by Crippen LogP contribution is 2.36. The minimum atomic E-state index is -4.54. The van der Waals surface area contributed by atoms with Gasteiger partial charge in [0.15, 0.2) is 11.3 Å². The molecule has 0 radical (unpaired) electrons. The van der Waals surface area contributed by atoms with Crippen molar-refractivity contribution < 1.29 is 23.1 Å². The molecule has 124 valence electrons. The van der Waals surface area contributed by atoms with Gasteiger partial charge in [0, 0.05) is 5.56 Å². The van der Waals surface area contributed by atoms with Crippen LogP contribution in [0, 0.1) is 13.8 Å². The number of aryl methyl sites for hydroxylation is 2. The van der Waals surface area contributed by atoms with Gasteiger partial charge in [0.25, 0.3) is 0 Å². The van der Waals surface area contributed by atoms with Crippen LogP contribution in [0.3, 0.4) is 0 Å². The number of alkyl halides is 3. The molecule has 8 heteroatoms. The van der Waals surface area contributed by atoms with Gasteiger partial charge in [0.1, 0.15) is 0 Å². The highest BCUT2D eigenvalue weighted by Gasteiger charge is 2.34. The minimum Gasteiger partial charge on any atom is -0.476 e. The van der Waals surface area contributed by atoms with E-state index in [4.69, 9.17) is 0 Å². The molecule has 5 nitrogen and oxygen atoms in total. The Balaban J connectivity index is 2.34. The molecular weight excluding hydrogens is 323 g/mol. The Morgan fingerprint density at radius 2 is 1.88 bits per heavy atom. The summed E-state index contributed by atoms with van der Waals surface area (Å²) in [5.41, 5.74) is 0.0139. The van der Waals surface area contributed by atoms with Crippen molar-refractivity contribution in [2.75, 3.05) is 0 Å². The molecule has 0 saturated heterocycles. The van der Waals surface area contributed by atoms with Gasteiger partial charge in [-0.1, -0.05) is 18.2 Å². The van der Waals surface area contributed by atoms with E-state index in [1.807, 2.05) is 0 Å². The second-order valence-electron chi connectivity index (χ2n) is 5.34. The first-order valence-electron chi connectivity index (χ1n) is 6.97. The van der Waals surface area contributed by atoms with Crippen molar-refractivity contribution in [3.05, 3.63) is 52.8 Å². The fraction of sp³-hybridized carbons (Fsp3) is 0.188. The number of carbonyl (C=O) groups is 1. The lowest BCUT2D eigenvalue weighted by atomic mass is 10.0. The van der Waals surface area contributed by atoms with Gasteiger partial charge >= 0.3 is 12.1 Å². The van der Waals surface area contributed by atoms with Crippen LogP contribution in [-0.2, 0) is 6.18 Å². The fourth-order valence-corrected chi connectivity index (χ4v) is 2.61. The van der Waals surface area contributed by atoms with Gasteiger partial charge in [-0.3, -0.25) is 0 Å². The van der Waals surface area contributed by atoms with Gasteiger partial charge in [0.05, 0.1) is 17.0 Å². The summed E-state index contributed by atoms with van der Waals surface area (Å²) in [7, 11) is 0. The molecule has 24 heavy (non-hydrogen) atoms. The maximum atomic E-state index is 13.2. The third-order valence-electron chi connectivity index (χ3n) is 3.65. The number of hydrogen-bond acceptors (Lipinski definition) is 3. The van der Waals surface area contributed by atoms with E-state index in [1.165, 1.54) is 31.2 Å². The summed E-state index contributed by atoms with van der Waals surface area (Å²) in [4.78, 5) is 15.5. The molecular formula is C16H12F3N3O2. The summed E-state index contributed by atoms with van der Waals surface area (Å²) in [5.74, 6) is -1.24. The van der Waals surface area contributed by atoms with E-state index in [1.54, 1.807) is 6.92 Å². The van der Waals surface area contributed by atoms with Crippen LogP contribution >= 0.6 is 0 Å². The summed E-state index contributed by atoms with van der Waals surface area (Å²) in [6, 6.07) is 6.51. The molecule has 0 fully saturated rings. The predicted octanol–water partition coefficient (Wildman–Crippen LogP) is 3.73. The standard InChI is InChI=1S/C16H12F3N3O2/c1-8-7-12(10-5-3-4-6-11(10)16(17,18)19)21-22-13(15(23)24)9(2)20-14(8)22/h3-7H,1-2H3,(H,23,24). The van der Waals surface area contributed by atoms with Crippen LogP contribution in [0.15, 0.2) is 30.3 Å². The molecule has 3 rings (SSSR count). The predicted molar refractivity (Wildman–Crippen MR) is 79.9 cm³/mol. The molecule has 0 aliphatic heterocycles. The SMILES string of the molecule is Cc1nc2c(C)cc(-c3ccccc3C(F)(F)F)nn2c1C(=O)O. The molecule has 0 amide bonds. The number of aromatic nitrogens is 3. The van der Waals surface area contributed by atoms with Crippen molar-refractivity contribution in [3.63, 3.8) is 0 Å². The first-order valence-corrected chi connectivity index (χ1v) is 6.97. The van der Waals surface area contributed by atoms with Crippen molar-refractivity contribution >= 4 is 11.6 Å². The quantitative estimate of drug-likeness (QED) is 0.775. The molecule has 2 aromatic heterocycles. The van der Waals surface area contributed by atoms with Gasteiger partial charge in [-0.25, -0.2) is 14.3 Å². The number of rotatable bonds is 2. The zero-order valence-corrected chi connectivity index (χ0v) is 12.7. The molecule has 1 aromatic carbocycles. The fourth-order valence-electron chi connectivity index (χ4n) is 2.61. The monoisotopic (exact) mass is 335 g/mol. The van der Waals surface area contributed by atoms with Crippen LogP contribution in [0.2, 0.25) is 0 Å². The average molecular weight is 335 g/mol. The Morgan fingerprint density at radius 3 is 2.50 bits per heavy atom. The number of imidazole rings is 1.